The third-order valence-electron chi connectivity index (χ3n) is 3.66. The minimum atomic E-state index is -0.674. The molecule has 4 nitrogen and oxygen atoms in total. The molecule has 20 heavy (non-hydrogen) atoms. The van der Waals surface area contributed by atoms with Crippen molar-refractivity contribution in [1.82, 2.24) is 5.32 Å². The van der Waals surface area contributed by atoms with Gasteiger partial charge in [0, 0.05) is 0 Å². The number of carbonyl (C=O) groups excluding carboxylic acids is 1. The van der Waals surface area contributed by atoms with E-state index in [1.807, 2.05) is 31.2 Å². The van der Waals surface area contributed by atoms with Gasteiger partial charge in [-0.3, -0.25) is 4.79 Å². The summed E-state index contributed by atoms with van der Waals surface area (Å²) in [5.74, 6) is 0.718. The normalized spacial score (nSPS) is 18.6. The summed E-state index contributed by atoms with van der Waals surface area (Å²) in [6.45, 7) is 2.39. The van der Waals surface area contributed by atoms with E-state index in [2.05, 4.69) is 21.2 Å². The molecule has 1 aromatic carbocycles. The molecule has 0 saturated heterocycles. The summed E-state index contributed by atoms with van der Waals surface area (Å²) in [7, 11) is 0. The van der Waals surface area contributed by atoms with Gasteiger partial charge in [0.25, 0.3) is 0 Å². The van der Waals surface area contributed by atoms with Gasteiger partial charge in [-0.2, -0.15) is 0 Å². The van der Waals surface area contributed by atoms with E-state index in [1.165, 1.54) is 0 Å². The molecule has 0 bridgehead atoms. The summed E-state index contributed by atoms with van der Waals surface area (Å²) in [4.78, 5) is 12.1. The van der Waals surface area contributed by atoms with Crippen LogP contribution in [0.25, 0.3) is 0 Å². The van der Waals surface area contributed by atoms with Crippen LogP contribution in [-0.4, -0.2) is 24.1 Å². The highest BCUT2D eigenvalue weighted by Gasteiger charge is 2.36. The van der Waals surface area contributed by atoms with Crippen molar-refractivity contribution in [1.29, 1.82) is 0 Å². The van der Waals surface area contributed by atoms with Gasteiger partial charge in [-0.05, 0) is 47.8 Å². The first-order valence-corrected chi connectivity index (χ1v) is 7.79. The van der Waals surface area contributed by atoms with Crippen molar-refractivity contribution in [2.24, 2.45) is 5.73 Å². The molecule has 0 radical (unpaired) electrons. The van der Waals surface area contributed by atoms with Crippen LogP contribution in [-0.2, 0) is 4.79 Å². The SMILES string of the molecule is CC(CNC(=O)C1(N)CCCC1)Oc1ccccc1Br. The van der Waals surface area contributed by atoms with Gasteiger partial charge < -0.3 is 15.8 Å². The van der Waals surface area contributed by atoms with E-state index < -0.39 is 5.54 Å². The lowest BCUT2D eigenvalue weighted by Gasteiger charge is -2.24. The second-order valence-electron chi connectivity index (χ2n) is 5.43. The maximum absolute atomic E-state index is 12.1. The quantitative estimate of drug-likeness (QED) is 0.865. The van der Waals surface area contributed by atoms with E-state index >= 15 is 0 Å². The molecule has 5 heteroatoms. The molecule has 0 spiro atoms. The second kappa shape index (κ2) is 6.59. The lowest BCUT2D eigenvalue weighted by molar-refractivity contribution is -0.126. The first-order chi connectivity index (χ1) is 9.51. The molecular formula is C15H21BrN2O2. The Labute approximate surface area is 128 Å². The van der Waals surface area contributed by atoms with E-state index in [9.17, 15) is 4.79 Å². The Morgan fingerprint density at radius 3 is 2.75 bits per heavy atom. The molecule has 0 aliphatic heterocycles. The number of nitrogens with two attached hydrogens (primary N) is 1. The predicted octanol–water partition coefficient (Wildman–Crippen LogP) is 2.60. The van der Waals surface area contributed by atoms with E-state index in [-0.39, 0.29) is 12.0 Å². The summed E-state index contributed by atoms with van der Waals surface area (Å²) < 4.78 is 6.70. The monoisotopic (exact) mass is 340 g/mol. The van der Waals surface area contributed by atoms with Crippen LogP contribution in [0.15, 0.2) is 28.7 Å². The van der Waals surface area contributed by atoms with E-state index in [1.54, 1.807) is 0 Å². The number of amides is 1. The third kappa shape index (κ3) is 3.73. The largest absolute Gasteiger partial charge is 0.488 e. The molecular weight excluding hydrogens is 320 g/mol. The number of benzene rings is 1. The van der Waals surface area contributed by atoms with Crippen molar-refractivity contribution >= 4 is 21.8 Å². The number of nitrogens with one attached hydrogen (secondary N) is 1. The Morgan fingerprint density at radius 2 is 2.10 bits per heavy atom. The number of ether oxygens (including phenoxy) is 1. The molecule has 1 fully saturated rings. The smallest absolute Gasteiger partial charge is 0.240 e. The van der Waals surface area contributed by atoms with Crippen LogP contribution in [0.1, 0.15) is 32.6 Å². The van der Waals surface area contributed by atoms with Crippen molar-refractivity contribution in [3.05, 3.63) is 28.7 Å². The van der Waals surface area contributed by atoms with Crippen molar-refractivity contribution in [2.75, 3.05) is 6.54 Å². The summed E-state index contributed by atoms with van der Waals surface area (Å²) in [5.41, 5.74) is 5.43. The molecule has 3 N–H and O–H groups in total. The Bertz CT molecular complexity index is 473. The molecule has 0 aromatic heterocycles. The van der Waals surface area contributed by atoms with Crippen molar-refractivity contribution in [2.45, 2.75) is 44.2 Å². The first-order valence-electron chi connectivity index (χ1n) is 7.00. The van der Waals surface area contributed by atoms with Crippen LogP contribution in [0, 0.1) is 0 Å². The Morgan fingerprint density at radius 1 is 1.45 bits per heavy atom. The van der Waals surface area contributed by atoms with Gasteiger partial charge in [0.05, 0.1) is 16.6 Å². The molecule has 1 amide bonds. The van der Waals surface area contributed by atoms with Crippen LogP contribution < -0.4 is 15.8 Å². The number of hydrogen-bond donors (Lipinski definition) is 2. The Kier molecular flexibility index (Phi) is 5.05. The van der Waals surface area contributed by atoms with Gasteiger partial charge in [0.15, 0.2) is 0 Å². The number of rotatable bonds is 5. The number of halogens is 1. The van der Waals surface area contributed by atoms with E-state index in [4.69, 9.17) is 10.5 Å². The zero-order valence-electron chi connectivity index (χ0n) is 11.7. The fraction of sp³-hybridized carbons (Fsp3) is 0.533. The van der Waals surface area contributed by atoms with Crippen molar-refractivity contribution < 1.29 is 9.53 Å². The summed E-state index contributed by atoms with van der Waals surface area (Å²) in [6, 6.07) is 7.66. The molecule has 2 rings (SSSR count). The summed E-state index contributed by atoms with van der Waals surface area (Å²) in [6.07, 6.45) is 3.51. The Hall–Kier alpha value is -1.07. The minimum Gasteiger partial charge on any atom is -0.488 e. The lowest BCUT2D eigenvalue weighted by Crippen LogP contribution is -2.53. The third-order valence-corrected chi connectivity index (χ3v) is 4.32. The minimum absolute atomic E-state index is 0.0578. The molecule has 1 atom stereocenters. The topological polar surface area (TPSA) is 64.4 Å². The maximum Gasteiger partial charge on any atom is 0.240 e. The maximum atomic E-state index is 12.1. The van der Waals surface area contributed by atoms with Crippen molar-refractivity contribution in [3.8, 4) is 5.75 Å². The zero-order valence-corrected chi connectivity index (χ0v) is 13.3. The van der Waals surface area contributed by atoms with Crippen LogP contribution in [0.2, 0.25) is 0 Å². The van der Waals surface area contributed by atoms with Crippen LogP contribution >= 0.6 is 15.9 Å². The van der Waals surface area contributed by atoms with Gasteiger partial charge >= 0.3 is 0 Å². The standard InChI is InChI=1S/C15H21BrN2O2/c1-11(20-13-7-3-2-6-12(13)16)10-18-14(19)15(17)8-4-5-9-15/h2-3,6-7,11H,4-5,8-10,17H2,1H3,(H,18,19). The fourth-order valence-corrected chi connectivity index (χ4v) is 2.82. The summed E-state index contributed by atoms with van der Waals surface area (Å²) >= 11 is 3.43. The highest BCUT2D eigenvalue weighted by molar-refractivity contribution is 9.10. The zero-order chi connectivity index (χ0) is 14.6. The first kappa shape index (κ1) is 15.3. The fourth-order valence-electron chi connectivity index (χ4n) is 2.44. The Balaban J connectivity index is 1.82. The van der Waals surface area contributed by atoms with Crippen LogP contribution in [0.3, 0.4) is 0 Å². The van der Waals surface area contributed by atoms with Gasteiger partial charge in [0.2, 0.25) is 5.91 Å². The molecule has 1 aromatic rings. The van der Waals surface area contributed by atoms with Gasteiger partial charge in [-0.25, -0.2) is 0 Å². The predicted molar refractivity (Wildman–Crippen MR) is 82.6 cm³/mol. The van der Waals surface area contributed by atoms with Gasteiger partial charge in [0.1, 0.15) is 11.9 Å². The highest BCUT2D eigenvalue weighted by Crippen LogP contribution is 2.27. The molecule has 1 aliphatic carbocycles. The highest BCUT2D eigenvalue weighted by atomic mass is 79.9. The molecule has 110 valence electrons. The van der Waals surface area contributed by atoms with Crippen molar-refractivity contribution in [3.63, 3.8) is 0 Å². The van der Waals surface area contributed by atoms with Gasteiger partial charge in [-0.1, -0.05) is 25.0 Å². The number of para-hydroxylation sites is 1. The van der Waals surface area contributed by atoms with Crippen LogP contribution in [0.5, 0.6) is 5.75 Å². The van der Waals surface area contributed by atoms with E-state index in [0.717, 1.165) is 35.9 Å². The van der Waals surface area contributed by atoms with Gasteiger partial charge in [-0.15, -0.1) is 0 Å². The van der Waals surface area contributed by atoms with Crippen LogP contribution in [0.4, 0.5) is 0 Å². The lowest BCUT2D eigenvalue weighted by atomic mass is 9.98. The molecule has 1 unspecified atom stereocenters. The second-order valence-corrected chi connectivity index (χ2v) is 6.29. The number of hydrogen-bond acceptors (Lipinski definition) is 3. The average Bonchev–Trinajstić information content (AvgIpc) is 2.87. The molecule has 1 saturated carbocycles. The van der Waals surface area contributed by atoms with E-state index in [0.29, 0.717) is 6.54 Å². The summed E-state index contributed by atoms with van der Waals surface area (Å²) in [5, 5.41) is 2.90. The molecule has 0 heterocycles. The average molecular weight is 341 g/mol. The molecule has 1 aliphatic rings. The number of carbonyl (C=O) groups is 1.